The molecule has 0 saturated carbocycles. The van der Waals surface area contributed by atoms with Gasteiger partial charge in [-0.2, -0.15) is 0 Å². The van der Waals surface area contributed by atoms with Gasteiger partial charge in [0.05, 0.1) is 5.69 Å². The Morgan fingerprint density at radius 2 is 1.90 bits per heavy atom. The van der Waals surface area contributed by atoms with E-state index in [0.29, 0.717) is 6.54 Å². The number of hydrogen-bond donors (Lipinski definition) is 2. The molecule has 0 heterocycles. The average molecular weight is 347 g/mol. The fourth-order valence-corrected chi connectivity index (χ4v) is 2.68. The number of carbonyl (C=O) groups excluding carboxylic acids is 1. The van der Waals surface area contributed by atoms with Crippen LogP contribution in [0.15, 0.2) is 46.9 Å². The topological polar surface area (TPSA) is 41.1 Å². The van der Waals surface area contributed by atoms with Gasteiger partial charge in [0.15, 0.2) is 0 Å². The lowest BCUT2D eigenvalue weighted by Gasteiger charge is -2.10. The van der Waals surface area contributed by atoms with Crippen LogP contribution in [0.4, 0.5) is 10.5 Å². The van der Waals surface area contributed by atoms with E-state index in [1.165, 1.54) is 11.1 Å². The molecule has 0 aliphatic carbocycles. The summed E-state index contributed by atoms with van der Waals surface area (Å²) in [6, 6.07) is 13.9. The van der Waals surface area contributed by atoms with Gasteiger partial charge in [-0.05, 0) is 65.0 Å². The van der Waals surface area contributed by atoms with Crippen molar-refractivity contribution in [2.75, 3.05) is 11.9 Å². The highest BCUT2D eigenvalue weighted by Gasteiger charge is 2.05. The van der Waals surface area contributed by atoms with Crippen molar-refractivity contribution in [1.29, 1.82) is 0 Å². The van der Waals surface area contributed by atoms with Gasteiger partial charge in [-0.15, -0.1) is 0 Å². The molecule has 2 N–H and O–H groups in total. The quantitative estimate of drug-likeness (QED) is 0.844. The molecule has 2 rings (SSSR count). The van der Waals surface area contributed by atoms with Gasteiger partial charge in [-0.3, -0.25) is 0 Å². The largest absolute Gasteiger partial charge is 0.338 e. The van der Waals surface area contributed by atoms with Crippen LogP contribution in [-0.2, 0) is 6.42 Å². The monoisotopic (exact) mass is 346 g/mol. The number of halogens is 1. The Balaban J connectivity index is 1.84. The van der Waals surface area contributed by atoms with Crippen molar-refractivity contribution in [3.05, 3.63) is 63.6 Å². The number of aryl methyl sites for hydroxylation is 2. The summed E-state index contributed by atoms with van der Waals surface area (Å²) in [5, 5.41) is 5.72. The number of anilines is 1. The molecule has 0 saturated heterocycles. The van der Waals surface area contributed by atoms with Gasteiger partial charge >= 0.3 is 6.03 Å². The second-order valence-corrected chi connectivity index (χ2v) is 5.90. The van der Waals surface area contributed by atoms with Crippen LogP contribution in [0.2, 0.25) is 0 Å². The molecule has 0 spiro atoms. The number of benzene rings is 2. The number of nitrogens with one attached hydrogen (secondary N) is 2. The fourth-order valence-electron chi connectivity index (χ4n) is 2.09. The van der Waals surface area contributed by atoms with Gasteiger partial charge in [0.25, 0.3) is 0 Å². The molecule has 21 heavy (non-hydrogen) atoms. The Kier molecular flexibility index (Phi) is 5.39. The summed E-state index contributed by atoms with van der Waals surface area (Å²) < 4.78 is 0.886. The summed E-state index contributed by atoms with van der Waals surface area (Å²) in [6.45, 7) is 4.70. The first-order valence-corrected chi connectivity index (χ1v) is 7.71. The van der Waals surface area contributed by atoms with Crippen molar-refractivity contribution in [2.24, 2.45) is 0 Å². The number of amides is 2. The van der Waals surface area contributed by atoms with Crippen LogP contribution in [0.1, 0.15) is 16.7 Å². The summed E-state index contributed by atoms with van der Waals surface area (Å²) in [5.41, 5.74) is 4.43. The minimum atomic E-state index is -0.187. The van der Waals surface area contributed by atoms with Gasteiger partial charge in [0.2, 0.25) is 0 Å². The van der Waals surface area contributed by atoms with Crippen LogP contribution in [0.5, 0.6) is 0 Å². The van der Waals surface area contributed by atoms with Gasteiger partial charge in [0.1, 0.15) is 0 Å². The van der Waals surface area contributed by atoms with Crippen LogP contribution < -0.4 is 10.6 Å². The number of urea groups is 1. The van der Waals surface area contributed by atoms with E-state index >= 15 is 0 Å². The molecule has 2 aromatic carbocycles. The summed E-state index contributed by atoms with van der Waals surface area (Å²) in [7, 11) is 0. The van der Waals surface area contributed by atoms with E-state index in [9.17, 15) is 4.79 Å². The van der Waals surface area contributed by atoms with Crippen LogP contribution >= 0.6 is 15.9 Å². The molecule has 0 bridgehead atoms. The third-order valence-electron chi connectivity index (χ3n) is 3.31. The molecule has 0 radical (unpaired) electrons. The number of rotatable bonds is 4. The van der Waals surface area contributed by atoms with Crippen molar-refractivity contribution in [3.8, 4) is 0 Å². The zero-order valence-corrected chi connectivity index (χ0v) is 13.8. The first-order valence-electron chi connectivity index (χ1n) is 6.92. The first-order chi connectivity index (χ1) is 10.1. The Morgan fingerprint density at radius 1 is 1.14 bits per heavy atom. The van der Waals surface area contributed by atoms with E-state index in [1.54, 1.807) is 0 Å². The summed E-state index contributed by atoms with van der Waals surface area (Å²) in [5.74, 6) is 0. The summed E-state index contributed by atoms with van der Waals surface area (Å²) in [6.07, 6.45) is 0.829. The van der Waals surface area contributed by atoms with E-state index < -0.39 is 0 Å². The minimum Gasteiger partial charge on any atom is -0.338 e. The molecule has 0 atom stereocenters. The SMILES string of the molecule is Cc1ccc(NC(=O)NCCc2ccccc2C)c(Br)c1. The second-order valence-electron chi connectivity index (χ2n) is 5.04. The van der Waals surface area contributed by atoms with E-state index in [1.807, 2.05) is 37.3 Å². The Bertz CT molecular complexity index is 640. The molecule has 0 fully saturated rings. The lowest BCUT2D eigenvalue weighted by molar-refractivity contribution is 0.252. The summed E-state index contributed by atoms with van der Waals surface area (Å²) >= 11 is 3.45. The maximum Gasteiger partial charge on any atom is 0.319 e. The van der Waals surface area contributed by atoms with Crippen molar-refractivity contribution >= 4 is 27.6 Å². The van der Waals surface area contributed by atoms with E-state index in [0.717, 1.165) is 22.1 Å². The van der Waals surface area contributed by atoms with Crippen molar-refractivity contribution in [3.63, 3.8) is 0 Å². The average Bonchev–Trinajstić information content (AvgIpc) is 2.44. The van der Waals surface area contributed by atoms with Gasteiger partial charge in [0, 0.05) is 11.0 Å². The molecular formula is C17H19BrN2O. The minimum absolute atomic E-state index is 0.187. The maximum atomic E-state index is 11.9. The van der Waals surface area contributed by atoms with E-state index in [2.05, 4.69) is 45.6 Å². The van der Waals surface area contributed by atoms with Gasteiger partial charge in [-0.1, -0.05) is 30.3 Å². The molecule has 2 amide bonds. The van der Waals surface area contributed by atoms with Crippen LogP contribution in [0.3, 0.4) is 0 Å². The first kappa shape index (κ1) is 15.6. The van der Waals surface area contributed by atoms with Crippen molar-refractivity contribution in [2.45, 2.75) is 20.3 Å². The molecule has 0 aliphatic heterocycles. The zero-order valence-electron chi connectivity index (χ0n) is 12.2. The Labute approximate surface area is 133 Å². The van der Waals surface area contributed by atoms with Crippen LogP contribution in [0, 0.1) is 13.8 Å². The molecule has 0 unspecified atom stereocenters. The molecule has 0 aromatic heterocycles. The molecular weight excluding hydrogens is 328 g/mol. The van der Waals surface area contributed by atoms with Gasteiger partial charge < -0.3 is 10.6 Å². The second kappa shape index (κ2) is 7.27. The van der Waals surface area contributed by atoms with E-state index in [-0.39, 0.29) is 6.03 Å². The highest BCUT2D eigenvalue weighted by atomic mass is 79.9. The lowest BCUT2D eigenvalue weighted by atomic mass is 10.1. The molecule has 2 aromatic rings. The van der Waals surface area contributed by atoms with Crippen molar-refractivity contribution < 1.29 is 4.79 Å². The number of carbonyl (C=O) groups is 1. The smallest absolute Gasteiger partial charge is 0.319 e. The molecule has 3 nitrogen and oxygen atoms in total. The molecule has 0 aliphatic rings. The normalized spacial score (nSPS) is 10.2. The van der Waals surface area contributed by atoms with Gasteiger partial charge in [-0.25, -0.2) is 4.79 Å². The fraction of sp³-hybridized carbons (Fsp3) is 0.235. The highest BCUT2D eigenvalue weighted by molar-refractivity contribution is 9.10. The van der Waals surface area contributed by atoms with Crippen LogP contribution in [-0.4, -0.2) is 12.6 Å². The van der Waals surface area contributed by atoms with Crippen LogP contribution in [0.25, 0.3) is 0 Å². The Hall–Kier alpha value is -1.81. The lowest BCUT2D eigenvalue weighted by Crippen LogP contribution is -2.30. The van der Waals surface area contributed by atoms with E-state index in [4.69, 9.17) is 0 Å². The van der Waals surface area contributed by atoms with Crippen molar-refractivity contribution in [1.82, 2.24) is 5.32 Å². The highest BCUT2D eigenvalue weighted by Crippen LogP contribution is 2.23. The zero-order chi connectivity index (χ0) is 15.2. The predicted molar refractivity (Wildman–Crippen MR) is 90.8 cm³/mol. The predicted octanol–water partition coefficient (Wildman–Crippen LogP) is 4.43. The maximum absolute atomic E-state index is 11.9. The third-order valence-corrected chi connectivity index (χ3v) is 3.97. The Morgan fingerprint density at radius 3 is 2.62 bits per heavy atom. The third kappa shape index (κ3) is 4.60. The number of hydrogen-bond acceptors (Lipinski definition) is 1. The molecule has 110 valence electrons. The summed E-state index contributed by atoms with van der Waals surface area (Å²) in [4.78, 5) is 11.9. The standard InChI is InChI=1S/C17H19BrN2O/c1-12-7-8-16(15(18)11-12)20-17(21)19-10-9-14-6-4-3-5-13(14)2/h3-8,11H,9-10H2,1-2H3,(H2,19,20,21). The molecule has 4 heteroatoms.